The fourth-order valence-corrected chi connectivity index (χ4v) is 3.86. The molecule has 1 atom stereocenters. The number of nitrogens with zero attached hydrogens (tertiary/aromatic N) is 3. The van der Waals surface area contributed by atoms with Crippen molar-refractivity contribution in [2.75, 3.05) is 13.2 Å². The molecule has 2 aromatic heterocycles. The standard InChI is InChI=1S/C21H33N3O6S/c1-8-28-19(29-9-2)17-22-14(12-31-17)10-23-15(25)11-24(20(23)27)16(13(3)4)18(26)30-21(5,6)7/h11-13,16,19,25H,8-10H2,1-7H3/t16-/m0/s1. The second-order valence-electron chi connectivity index (χ2n) is 8.41. The van der Waals surface area contributed by atoms with Crippen molar-refractivity contribution in [2.45, 2.75) is 72.9 Å². The van der Waals surface area contributed by atoms with Gasteiger partial charge in [0.1, 0.15) is 16.7 Å². The molecule has 2 aromatic rings. The lowest BCUT2D eigenvalue weighted by molar-refractivity contribution is -0.160. The van der Waals surface area contributed by atoms with Crippen molar-refractivity contribution in [1.82, 2.24) is 14.1 Å². The number of hydrogen-bond acceptors (Lipinski definition) is 8. The molecule has 2 heterocycles. The van der Waals surface area contributed by atoms with Gasteiger partial charge < -0.3 is 19.3 Å². The molecule has 10 heteroatoms. The van der Waals surface area contributed by atoms with Crippen molar-refractivity contribution < 1.29 is 24.1 Å². The molecule has 174 valence electrons. The van der Waals surface area contributed by atoms with Crippen molar-refractivity contribution in [2.24, 2.45) is 5.92 Å². The topological polar surface area (TPSA) is 105 Å². The van der Waals surface area contributed by atoms with Crippen molar-refractivity contribution >= 4 is 17.3 Å². The number of carbonyl (C=O) groups excluding carboxylic acids is 1. The number of hydrogen-bond donors (Lipinski definition) is 1. The van der Waals surface area contributed by atoms with E-state index in [1.807, 2.05) is 27.7 Å². The van der Waals surface area contributed by atoms with Crippen LogP contribution in [-0.4, -0.2) is 44.0 Å². The zero-order chi connectivity index (χ0) is 23.3. The van der Waals surface area contributed by atoms with Crippen LogP contribution in [0.1, 0.15) is 71.5 Å². The van der Waals surface area contributed by atoms with Gasteiger partial charge in [-0.3, -0.25) is 9.13 Å². The minimum Gasteiger partial charge on any atom is -0.493 e. The van der Waals surface area contributed by atoms with Gasteiger partial charge in [0.05, 0.1) is 18.4 Å². The number of aromatic nitrogens is 3. The number of rotatable bonds is 10. The molecule has 0 amide bonds. The zero-order valence-electron chi connectivity index (χ0n) is 19.2. The third kappa shape index (κ3) is 6.41. The molecule has 9 nitrogen and oxygen atoms in total. The molecule has 31 heavy (non-hydrogen) atoms. The summed E-state index contributed by atoms with van der Waals surface area (Å²) in [5.74, 6) is -0.985. The zero-order valence-corrected chi connectivity index (χ0v) is 20.1. The Morgan fingerprint density at radius 1 is 1.23 bits per heavy atom. The minimum atomic E-state index is -0.856. The van der Waals surface area contributed by atoms with E-state index >= 15 is 0 Å². The van der Waals surface area contributed by atoms with Gasteiger partial charge in [-0.05, 0) is 40.5 Å². The number of imidazole rings is 1. The van der Waals surface area contributed by atoms with Gasteiger partial charge >= 0.3 is 11.7 Å². The molecule has 0 unspecified atom stereocenters. The molecule has 0 radical (unpaired) electrons. The highest BCUT2D eigenvalue weighted by atomic mass is 32.1. The van der Waals surface area contributed by atoms with E-state index in [9.17, 15) is 14.7 Å². The highest BCUT2D eigenvalue weighted by Gasteiger charge is 2.32. The Morgan fingerprint density at radius 2 is 1.84 bits per heavy atom. The first-order valence-electron chi connectivity index (χ1n) is 10.4. The van der Waals surface area contributed by atoms with E-state index in [1.54, 1.807) is 26.2 Å². The molecular formula is C21H33N3O6S. The maximum atomic E-state index is 13.0. The monoisotopic (exact) mass is 455 g/mol. The van der Waals surface area contributed by atoms with Crippen LogP contribution in [0.5, 0.6) is 5.88 Å². The summed E-state index contributed by atoms with van der Waals surface area (Å²) in [7, 11) is 0. The number of aromatic hydroxyl groups is 1. The fraction of sp³-hybridized carbons (Fsp3) is 0.667. The van der Waals surface area contributed by atoms with Crippen LogP contribution in [0, 0.1) is 5.92 Å². The normalized spacial score (nSPS) is 13.2. The molecule has 0 fully saturated rings. The summed E-state index contributed by atoms with van der Waals surface area (Å²) in [5.41, 5.74) is -0.617. The summed E-state index contributed by atoms with van der Waals surface area (Å²) >= 11 is 1.36. The van der Waals surface area contributed by atoms with Crippen LogP contribution in [0.3, 0.4) is 0 Å². The summed E-state index contributed by atoms with van der Waals surface area (Å²) in [5, 5.41) is 12.8. The van der Waals surface area contributed by atoms with E-state index in [4.69, 9.17) is 14.2 Å². The molecule has 0 spiro atoms. The first kappa shape index (κ1) is 25.1. The summed E-state index contributed by atoms with van der Waals surface area (Å²) in [6.07, 6.45) is 0.703. The summed E-state index contributed by atoms with van der Waals surface area (Å²) < 4.78 is 19.0. The lowest BCUT2D eigenvalue weighted by Gasteiger charge is -2.26. The van der Waals surface area contributed by atoms with Gasteiger partial charge in [0.15, 0.2) is 0 Å². The SMILES string of the molecule is CCOC(OCC)c1nc(Cn2c(O)cn([C@H](C(=O)OC(C)(C)C)C(C)C)c2=O)cs1. The molecule has 0 bridgehead atoms. The second-order valence-corrected chi connectivity index (χ2v) is 9.29. The molecular weight excluding hydrogens is 422 g/mol. The second kappa shape index (κ2) is 10.4. The molecule has 0 aromatic carbocycles. The fourth-order valence-electron chi connectivity index (χ4n) is 3.06. The Morgan fingerprint density at radius 3 is 2.35 bits per heavy atom. The smallest absolute Gasteiger partial charge is 0.332 e. The van der Waals surface area contributed by atoms with Gasteiger partial charge in [-0.25, -0.2) is 14.6 Å². The molecule has 2 rings (SSSR count). The van der Waals surface area contributed by atoms with Gasteiger partial charge in [0.25, 0.3) is 0 Å². The van der Waals surface area contributed by atoms with E-state index < -0.39 is 29.6 Å². The quantitative estimate of drug-likeness (QED) is 0.432. The summed E-state index contributed by atoms with van der Waals surface area (Å²) in [6, 6.07) is -0.856. The lowest BCUT2D eigenvalue weighted by Crippen LogP contribution is -2.38. The summed E-state index contributed by atoms with van der Waals surface area (Å²) in [4.78, 5) is 30.3. The molecule has 1 N–H and O–H groups in total. The van der Waals surface area contributed by atoms with Gasteiger partial charge in [-0.15, -0.1) is 11.3 Å². The Labute approximate surface area is 186 Å². The number of thiazole rings is 1. The van der Waals surface area contributed by atoms with Crippen LogP contribution in [0.4, 0.5) is 0 Å². The molecule has 0 aliphatic carbocycles. The van der Waals surface area contributed by atoms with Crippen LogP contribution in [0.25, 0.3) is 0 Å². The lowest BCUT2D eigenvalue weighted by atomic mass is 10.0. The Kier molecular flexibility index (Phi) is 8.44. The minimum absolute atomic E-state index is 0.0538. The van der Waals surface area contributed by atoms with Gasteiger partial charge in [-0.1, -0.05) is 13.8 Å². The van der Waals surface area contributed by atoms with E-state index in [0.717, 1.165) is 0 Å². The van der Waals surface area contributed by atoms with Crippen LogP contribution in [0.15, 0.2) is 16.4 Å². The molecule has 0 saturated heterocycles. The maximum absolute atomic E-state index is 13.0. The van der Waals surface area contributed by atoms with Crippen LogP contribution >= 0.6 is 11.3 Å². The highest BCUT2D eigenvalue weighted by Crippen LogP contribution is 2.26. The number of carbonyl (C=O) groups is 1. The number of esters is 1. The predicted octanol–water partition coefficient (Wildman–Crippen LogP) is 3.47. The Bertz CT molecular complexity index is 918. The average molecular weight is 456 g/mol. The van der Waals surface area contributed by atoms with Crippen LogP contribution in [-0.2, 0) is 25.5 Å². The molecule has 0 aliphatic heterocycles. The summed E-state index contributed by atoms with van der Waals surface area (Å²) in [6.45, 7) is 13.7. The van der Waals surface area contributed by atoms with Gasteiger partial charge in [0, 0.05) is 18.6 Å². The van der Waals surface area contributed by atoms with Gasteiger partial charge in [-0.2, -0.15) is 0 Å². The van der Waals surface area contributed by atoms with Crippen molar-refractivity contribution in [1.29, 1.82) is 0 Å². The number of ether oxygens (including phenoxy) is 3. The van der Waals surface area contributed by atoms with Crippen molar-refractivity contribution in [3.63, 3.8) is 0 Å². The van der Waals surface area contributed by atoms with E-state index in [0.29, 0.717) is 23.9 Å². The largest absolute Gasteiger partial charge is 0.493 e. The van der Waals surface area contributed by atoms with Gasteiger partial charge in [0.2, 0.25) is 12.2 Å². The van der Waals surface area contributed by atoms with E-state index in [-0.39, 0.29) is 18.3 Å². The molecule has 0 aliphatic rings. The maximum Gasteiger partial charge on any atom is 0.332 e. The first-order chi connectivity index (χ1) is 14.5. The van der Waals surface area contributed by atoms with Crippen LogP contribution in [0.2, 0.25) is 0 Å². The third-order valence-corrected chi connectivity index (χ3v) is 5.20. The van der Waals surface area contributed by atoms with Crippen molar-refractivity contribution in [3.8, 4) is 5.88 Å². The Balaban J connectivity index is 2.31. The van der Waals surface area contributed by atoms with Crippen LogP contribution < -0.4 is 5.69 Å². The molecule has 0 saturated carbocycles. The average Bonchev–Trinajstić information content (AvgIpc) is 3.21. The third-order valence-electron chi connectivity index (χ3n) is 4.29. The van der Waals surface area contributed by atoms with E-state index in [2.05, 4.69) is 4.98 Å². The van der Waals surface area contributed by atoms with Crippen molar-refractivity contribution in [3.05, 3.63) is 32.8 Å². The highest BCUT2D eigenvalue weighted by molar-refractivity contribution is 7.09. The Hall–Kier alpha value is -2.17. The first-order valence-corrected chi connectivity index (χ1v) is 11.3. The van der Waals surface area contributed by atoms with E-state index in [1.165, 1.54) is 26.7 Å². The predicted molar refractivity (Wildman–Crippen MR) is 117 cm³/mol.